The van der Waals surface area contributed by atoms with E-state index >= 15 is 0 Å². The third-order valence-corrected chi connectivity index (χ3v) is 3.57. The number of rotatable bonds is 4. The molecule has 0 unspecified atom stereocenters. The lowest BCUT2D eigenvalue weighted by atomic mass is 9.87. The van der Waals surface area contributed by atoms with Crippen molar-refractivity contribution in [1.29, 1.82) is 0 Å². The van der Waals surface area contributed by atoms with Gasteiger partial charge in [0, 0.05) is 0 Å². The van der Waals surface area contributed by atoms with Gasteiger partial charge in [0.05, 0.1) is 6.10 Å². The molecule has 0 aromatic heterocycles. The summed E-state index contributed by atoms with van der Waals surface area (Å²) >= 11 is 0. The zero-order valence-corrected chi connectivity index (χ0v) is 13.3. The molecule has 1 N–H and O–H groups in total. The molecule has 0 heterocycles. The average molecular weight is 284 g/mol. The summed E-state index contributed by atoms with van der Waals surface area (Å²) in [6.07, 6.45) is -0.473. The summed E-state index contributed by atoms with van der Waals surface area (Å²) in [6.45, 7) is 8.91. The van der Waals surface area contributed by atoms with Crippen LogP contribution in [-0.2, 0) is 12.0 Å². The number of hydrogen-bond acceptors (Lipinski definition) is 2. The molecular weight excluding hydrogens is 260 g/mol. The molecule has 2 aromatic rings. The monoisotopic (exact) mass is 284 g/mol. The van der Waals surface area contributed by atoms with Gasteiger partial charge in [-0.25, -0.2) is 0 Å². The average Bonchev–Trinajstić information content (AvgIpc) is 2.45. The summed E-state index contributed by atoms with van der Waals surface area (Å²) in [5, 5.41) is 9.58. The van der Waals surface area contributed by atoms with Crippen LogP contribution in [-0.4, -0.2) is 5.11 Å². The number of benzene rings is 2. The normalized spacial score (nSPS) is 13.0. The highest BCUT2D eigenvalue weighted by Gasteiger charge is 2.12. The van der Waals surface area contributed by atoms with Crippen LogP contribution >= 0.6 is 0 Å². The summed E-state index contributed by atoms with van der Waals surface area (Å²) in [5.41, 5.74) is 3.51. The van der Waals surface area contributed by atoms with Gasteiger partial charge >= 0.3 is 0 Å². The number of ether oxygens (including phenoxy) is 1. The first-order valence-corrected chi connectivity index (χ1v) is 7.36. The Kier molecular flexibility index (Phi) is 4.69. The second-order valence-electron chi connectivity index (χ2n) is 6.48. The molecule has 2 rings (SSSR count). The molecule has 0 aliphatic heterocycles. The fraction of sp³-hybridized carbons (Fsp3) is 0.368. The Labute approximate surface area is 127 Å². The smallest absolute Gasteiger partial charge is 0.120 e. The van der Waals surface area contributed by atoms with Crippen molar-refractivity contribution in [3.8, 4) is 5.75 Å². The Morgan fingerprint density at radius 2 is 1.71 bits per heavy atom. The molecule has 0 aliphatic carbocycles. The zero-order valence-electron chi connectivity index (χ0n) is 13.3. The van der Waals surface area contributed by atoms with E-state index in [9.17, 15) is 5.11 Å². The topological polar surface area (TPSA) is 29.5 Å². The second-order valence-corrected chi connectivity index (χ2v) is 6.48. The number of hydrogen-bond donors (Lipinski definition) is 1. The standard InChI is InChI=1S/C19H24O2/c1-14(20)16-6-5-7-18(12-16)21-13-15-8-10-17(11-9-15)19(2,3)4/h5-12,14,20H,13H2,1-4H3/t14-/m1/s1. The van der Waals surface area contributed by atoms with Crippen molar-refractivity contribution in [3.63, 3.8) is 0 Å². The van der Waals surface area contributed by atoms with Gasteiger partial charge in [0.15, 0.2) is 0 Å². The van der Waals surface area contributed by atoms with Gasteiger partial charge in [-0.05, 0) is 41.2 Å². The molecule has 2 nitrogen and oxygen atoms in total. The Morgan fingerprint density at radius 1 is 1.05 bits per heavy atom. The van der Waals surface area contributed by atoms with Crippen molar-refractivity contribution in [2.24, 2.45) is 0 Å². The third kappa shape index (κ3) is 4.33. The third-order valence-electron chi connectivity index (χ3n) is 3.57. The van der Waals surface area contributed by atoms with Crippen LogP contribution in [0, 0.1) is 0 Å². The van der Waals surface area contributed by atoms with Crippen LogP contribution in [0.3, 0.4) is 0 Å². The van der Waals surface area contributed by atoms with Gasteiger partial charge in [-0.1, -0.05) is 57.2 Å². The maximum atomic E-state index is 9.58. The Morgan fingerprint density at radius 3 is 2.29 bits per heavy atom. The van der Waals surface area contributed by atoms with Crippen LogP contribution in [0.5, 0.6) is 5.75 Å². The quantitative estimate of drug-likeness (QED) is 0.888. The van der Waals surface area contributed by atoms with E-state index < -0.39 is 6.10 Å². The van der Waals surface area contributed by atoms with E-state index in [0.29, 0.717) is 6.61 Å². The lowest BCUT2D eigenvalue weighted by Crippen LogP contribution is -2.10. The molecule has 0 bridgehead atoms. The first-order chi connectivity index (χ1) is 9.86. The van der Waals surface area contributed by atoms with Crippen molar-refractivity contribution in [2.75, 3.05) is 0 Å². The van der Waals surface area contributed by atoms with Gasteiger partial charge in [-0.15, -0.1) is 0 Å². The maximum Gasteiger partial charge on any atom is 0.120 e. The first-order valence-electron chi connectivity index (χ1n) is 7.36. The maximum absolute atomic E-state index is 9.58. The fourth-order valence-electron chi connectivity index (χ4n) is 2.13. The molecule has 2 heteroatoms. The Hall–Kier alpha value is -1.80. The predicted octanol–water partition coefficient (Wildman–Crippen LogP) is 4.62. The minimum atomic E-state index is -0.473. The van der Waals surface area contributed by atoms with Gasteiger partial charge in [0.2, 0.25) is 0 Å². The van der Waals surface area contributed by atoms with Crippen molar-refractivity contribution in [1.82, 2.24) is 0 Å². The van der Waals surface area contributed by atoms with Gasteiger partial charge in [0.1, 0.15) is 12.4 Å². The Bertz CT molecular complexity index is 577. The lowest BCUT2D eigenvalue weighted by Gasteiger charge is -2.19. The van der Waals surface area contributed by atoms with E-state index in [-0.39, 0.29) is 5.41 Å². The molecule has 112 valence electrons. The SMILES string of the molecule is C[C@@H](O)c1cccc(OCc2ccc(C(C)(C)C)cc2)c1. The highest BCUT2D eigenvalue weighted by molar-refractivity contribution is 5.31. The van der Waals surface area contributed by atoms with Gasteiger partial charge < -0.3 is 9.84 Å². The van der Waals surface area contributed by atoms with Crippen molar-refractivity contribution in [2.45, 2.75) is 45.8 Å². The van der Waals surface area contributed by atoms with Gasteiger partial charge in [-0.3, -0.25) is 0 Å². The van der Waals surface area contributed by atoms with Crippen LogP contribution in [0.4, 0.5) is 0 Å². The van der Waals surface area contributed by atoms with Crippen LogP contribution in [0.25, 0.3) is 0 Å². The molecule has 21 heavy (non-hydrogen) atoms. The van der Waals surface area contributed by atoms with E-state index in [4.69, 9.17) is 4.74 Å². The predicted molar refractivity (Wildman–Crippen MR) is 86.5 cm³/mol. The number of aliphatic hydroxyl groups excluding tert-OH is 1. The molecule has 0 spiro atoms. The van der Waals surface area contributed by atoms with Crippen LogP contribution < -0.4 is 4.74 Å². The van der Waals surface area contributed by atoms with Crippen molar-refractivity contribution in [3.05, 3.63) is 65.2 Å². The summed E-state index contributed by atoms with van der Waals surface area (Å²) in [6, 6.07) is 16.1. The highest BCUT2D eigenvalue weighted by Crippen LogP contribution is 2.23. The van der Waals surface area contributed by atoms with E-state index in [1.807, 2.05) is 24.3 Å². The molecule has 0 fully saturated rings. The lowest BCUT2D eigenvalue weighted by molar-refractivity contribution is 0.198. The summed E-state index contributed by atoms with van der Waals surface area (Å²) < 4.78 is 5.80. The molecule has 0 radical (unpaired) electrons. The van der Waals surface area contributed by atoms with Crippen LogP contribution in [0.15, 0.2) is 48.5 Å². The molecule has 0 saturated carbocycles. The summed E-state index contributed by atoms with van der Waals surface area (Å²) in [4.78, 5) is 0. The number of aliphatic hydroxyl groups is 1. The Balaban J connectivity index is 2.01. The molecule has 0 aliphatic rings. The van der Waals surface area contributed by atoms with Gasteiger partial charge in [-0.2, -0.15) is 0 Å². The minimum Gasteiger partial charge on any atom is -0.489 e. The van der Waals surface area contributed by atoms with E-state index in [0.717, 1.165) is 16.9 Å². The minimum absolute atomic E-state index is 0.172. The van der Waals surface area contributed by atoms with Gasteiger partial charge in [0.25, 0.3) is 0 Å². The molecular formula is C19H24O2. The largest absolute Gasteiger partial charge is 0.489 e. The molecule has 0 saturated heterocycles. The van der Waals surface area contributed by atoms with E-state index in [1.54, 1.807) is 6.92 Å². The highest BCUT2D eigenvalue weighted by atomic mass is 16.5. The van der Waals surface area contributed by atoms with E-state index in [1.165, 1.54) is 5.56 Å². The second kappa shape index (κ2) is 6.31. The molecule has 1 atom stereocenters. The first kappa shape index (κ1) is 15.6. The summed E-state index contributed by atoms with van der Waals surface area (Å²) in [7, 11) is 0. The summed E-state index contributed by atoms with van der Waals surface area (Å²) in [5.74, 6) is 0.785. The zero-order chi connectivity index (χ0) is 15.5. The van der Waals surface area contributed by atoms with E-state index in [2.05, 4.69) is 45.0 Å². The van der Waals surface area contributed by atoms with Crippen molar-refractivity contribution < 1.29 is 9.84 Å². The molecule has 0 amide bonds. The van der Waals surface area contributed by atoms with Crippen LogP contribution in [0.1, 0.15) is 50.5 Å². The fourth-order valence-corrected chi connectivity index (χ4v) is 2.13. The van der Waals surface area contributed by atoms with Crippen molar-refractivity contribution >= 4 is 0 Å². The molecule has 2 aromatic carbocycles. The van der Waals surface area contributed by atoms with Crippen LogP contribution in [0.2, 0.25) is 0 Å².